The number of azo groups is 1. The zero-order chi connectivity index (χ0) is 16.4. The number of nitrogens with zero attached hydrogens (tertiary/aromatic N) is 3. The number of para-hydroxylation sites is 1. The highest BCUT2D eigenvalue weighted by Gasteiger charge is 2.14. The average molecular weight is 328 g/mol. The summed E-state index contributed by atoms with van der Waals surface area (Å²) in [5, 5.41) is 19.2. The number of carbonyl (C=O) groups excluding carboxylic acids is 1. The maximum atomic E-state index is 11.9. The van der Waals surface area contributed by atoms with Gasteiger partial charge < -0.3 is 9.67 Å². The highest BCUT2D eigenvalue weighted by Crippen LogP contribution is 2.37. The van der Waals surface area contributed by atoms with Gasteiger partial charge in [0.1, 0.15) is 0 Å². The van der Waals surface area contributed by atoms with Crippen molar-refractivity contribution >= 4 is 34.1 Å². The molecule has 1 aromatic heterocycles. The third-order valence-electron chi connectivity index (χ3n) is 3.58. The Bertz CT molecular complexity index is 898. The Morgan fingerprint density at radius 3 is 2.61 bits per heavy atom. The number of benzene rings is 2. The largest absolute Gasteiger partial charge is 0.493 e. The molecule has 5 nitrogen and oxygen atoms in total. The van der Waals surface area contributed by atoms with Crippen molar-refractivity contribution in [3.05, 3.63) is 59.1 Å². The summed E-state index contributed by atoms with van der Waals surface area (Å²) in [5.74, 6) is -0.408. The van der Waals surface area contributed by atoms with E-state index in [2.05, 4.69) is 10.2 Å². The first-order valence-corrected chi connectivity index (χ1v) is 7.39. The zero-order valence-corrected chi connectivity index (χ0v) is 13.2. The molecule has 0 aliphatic carbocycles. The van der Waals surface area contributed by atoms with Gasteiger partial charge in [0.2, 0.25) is 5.88 Å². The fourth-order valence-corrected chi connectivity index (χ4v) is 2.50. The SMILES string of the molecule is Cn1c(O)c(N=NC(=O)Cc2ccc(Cl)cc2)c2ccccc21. The van der Waals surface area contributed by atoms with Crippen LogP contribution in [-0.2, 0) is 18.3 Å². The molecule has 0 fully saturated rings. The van der Waals surface area contributed by atoms with Crippen LogP contribution in [0.3, 0.4) is 0 Å². The molecule has 1 heterocycles. The molecule has 1 N–H and O–H groups in total. The molecule has 3 rings (SSSR count). The Balaban J connectivity index is 1.84. The van der Waals surface area contributed by atoms with Crippen LogP contribution in [0.15, 0.2) is 58.8 Å². The van der Waals surface area contributed by atoms with E-state index in [0.29, 0.717) is 10.7 Å². The molecular weight excluding hydrogens is 314 g/mol. The topological polar surface area (TPSA) is 66.9 Å². The van der Waals surface area contributed by atoms with E-state index in [4.69, 9.17) is 11.6 Å². The van der Waals surface area contributed by atoms with Gasteiger partial charge in [-0.15, -0.1) is 10.2 Å². The molecule has 1 amide bonds. The predicted molar refractivity (Wildman–Crippen MR) is 89.3 cm³/mol. The number of amides is 1. The fourth-order valence-electron chi connectivity index (χ4n) is 2.38. The Hall–Kier alpha value is -2.66. The molecule has 0 spiro atoms. The maximum Gasteiger partial charge on any atom is 0.269 e. The summed E-state index contributed by atoms with van der Waals surface area (Å²) in [6.07, 6.45) is 0.131. The number of aromatic hydroxyl groups is 1. The quantitative estimate of drug-likeness (QED) is 0.725. The van der Waals surface area contributed by atoms with Gasteiger partial charge >= 0.3 is 0 Å². The molecular formula is C17H14ClN3O2. The molecule has 23 heavy (non-hydrogen) atoms. The van der Waals surface area contributed by atoms with E-state index in [1.807, 2.05) is 24.3 Å². The van der Waals surface area contributed by atoms with E-state index in [1.54, 1.807) is 35.9 Å². The fraction of sp³-hybridized carbons (Fsp3) is 0.118. The van der Waals surface area contributed by atoms with Crippen LogP contribution in [0.25, 0.3) is 10.9 Å². The van der Waals surface area contributed by atoms with Gasteiger partial charge in [-0.1, -0.05) is 41.9 Å². The molecule has 0 radical (unpaired) electrons. The molecule has 2 aromatic carbocycles. The van der Waals surface area contributed by atoms with Crippen molar-refractivity contribution in [3.63, 3.8) is 0 Å². The highest BCUT2D eigenvalue weighted by atomic mass is 35.5. The van der Waals surface area contributed by atoms with Crippen molar-refractivity contribution in [2.75, 3.05) is 0 Å². The smallest absolute Gasteiger partial charge is 0.269 e. The first kappa shape index (κ1) is 15.2. The lowest BCUT2D eigenvalue weighted by Crippen LogP contribution is -1.97. The van der Waals surface area contributed by atoms with Gasteiger partial charge in [0.25, 0.3) is 5.91 Å². The predicted octanol–water partition coefficient (Wildman–Crippen LogP) is 4.39. The Kier molecular flexibility index (Phi) is 4.12. The minimum absolute atomic E-state index is 0.0192. The van der Waals surface area contributed by atoms with E-state index in [0.717, 1.165) is 16.5 Å². The average Bonchev–Trinajstić information content (AvgIpc) is 2.80. The molecule has 0 bridgehead atoms. The minimum Gasteiger partial charge on any atom is -0.493 e. The van der Waals surface area contributed by atoms with Gasteiger partial charge in [0.05, 0.1) is 11.9 Å². The van der Waals surface area contributed by atoms with Crippen LogP contribution in [0.1, 0.15) is 5.56 Å². The summed E-state index contributed by atoms with van der Waals surface area (Å²) in [6, 6.07) is 14.4. The second-order valence-corrected chi connectivity index (χ2v) is 5.58. The van der Waals surface area contributed by atoms with Gasteiger partial charge in [-0.25, -0.2) is 0 Å². The monoisotopic (exact) mass is 327 g/mol. The molecule has 6 heteroatoms. The van der Waals surface area contributed by atoms with E-state index in [9.17, 15) is 9.90 Å². The number of carbonyl (C=O) groups is 1. The van der Waals surface area contributed by atoms with E-state index in [-0.39, 0.29) is 18.2 Å². The number of aromatic nitrogens is 1. The first-order valence-electron chi connectivity index (χ1n) is 7.01. The van der Waals surface area contributed by atoms with E-state index in [1.165, 1.54) is 0 Å². The minimum atomic E-state index is -0.389. The van der Waals surface area contributed by atoms with Crippen LogP contribution in [0.4, 0.5) is 5.69 Å². The van der Waals surface area contributed by atoms with Crippen LogP contribution in [0.2, 0.25) is 5.02 Å². The molecule has 0 saturated carbocycles. The summed E-state index contributed by atoms with van der Waals surface area (Å²) >= 11 is 5.81. The Morgan fingerprint density at radius 1 is 1.17 bits per heavy atom. The lowest BCUT2D eigenvalue weighted by Gasteiger charge is -1.97. The zero-order valence-electron chi connectivity index (χ0n) is 12.4. The van der Waals surface area contributed by atoms with Crippen molar-refractivity contribution < 1.29 is 9.90 Å². The number of fused-ring (bicyclic) bond motifs is 1. The van der Waals surface area contributed by atoms with Crippen LogP contribution in [-0.4, -0.2) is 15.6 Å². The lowest BCUT2D eigenvalue weighted by atomic mass is 10.1. The van der Waals surface area contributed by atoms with Gasteiger partial charge in [-0.3, -0.25) is 4.79 Å². The van der Waals surface area contributed by atoms with Crippen molar-refractivity contribution in [2.45, 2.75) is 6.42 Å². The van der Waals surface area contributed by atoms with Gasteiger partial charge in [-0.05, 0) is 23.8 Å². The standard InChI is InChI=1S/C17H14ClN3O2/c1-21-14-5-3-2-4-13(14)16(17(21)23)20-19-15(22)10-11-6-8-12(18)9-7-11/h2-9,23H,10H2,1H3. The highest BCUT2D eigenvalue weighted by molar-refractivity contribution is 6.30. The Morgan fingerprint density at radius 2 is 1.87 bits per heavy atom. The maximum absolute atomic E-state index is 11.9. The third-order valence-corrected chi connectivity index (χ3v) is 3.83. The normalized spacial score (nSPS) is 11.4. The number of halogens is 1. The van der Waals surface area contributed by atoms with Crippen molar-refractivity contribution in [1.29, 1.82) is 0 Å². The second kappa shape index (κ2) is 6.22. The molecule has 0 aliphatic rings. The summed E-state index contributed by atoms with van der Waals surface area (Å²) in [5.41, 5.74) is 1.93. The van der Waals surface area contributed by atoms with E-state index < -0.39 is 0 Å². The summed E-state index contributed by atoms with van der Waals surface area (Å²) in [7, 11) is 1.73. The number of rotatable bonds is 3. The summed E-state index contributed by atoms with van der Waals surface area (Å²) in [6.45, 7) is 0. The molecule has 116 valence electrons. The number of aryl methyl sites for hydroxylation is 1. The van der Waals surface area contributed by atoms with Crippen LogP contribution in [0, 0.1) is 0 Å². The van der Waals surface area contributed by atoms with Crippen molar-refractivity contribution in [1.82, 2.24) is 4.57 Å². The van der Waals surface area contributed by atoms with Gasteiger partial charge in [0.15, 0.2) is 5.69 Å². The third kappa shape index (κ3) is 3.10. The van der Waals surface area contributed by atoms with Crippen LogP contribution < -0.4 is 0 Å². The Labute approximate surface area is 137 Å². The first-order chi connectivity index (χ1) is 11.1. The molecule has 0 atom stereocenters. The van der Waals surface area contributed by atoms with Crippen molar-refractivity contribution in [3.8, 4) is 5.88 Å². The van der Waals surface area contributed by atoms with Crippen LogP contribution >= 0.6 is 11.6 Å². The van der Waals surface area contributed by atoms with Crippen molar-refractivity contribution in [2.24, 2.45) is 17.3 Å². The number of hydrogen-bond acceptors (Lipinski definition) is 3. The van der Waals surface area contributed by atoms with Crippen LogP contribution in [0.5, 0.6) is 5.88 Å². The lowest BCUT2D eigenvalue weighted by molar-refractivity contribution is -0.117. The van der Waals surface area contributed by atoms with Gasteiger partial charge in [0, 0.05) is 17.5 Å². The molecule has 3 aromatic rings. The van der Waals surface area contributed by atoms with Gasteiger partial charge in [-0.2, -0.15) is 0 Å². The molecule has 0 aliphatic heterocycles. The molecule has 0 saturated heterocycles. The summed E-state index contributed by atoms with van der Waals surface area (Å²) in [4.78, 5) is 11.9. The summed E-state index contributed by atoms with van der Waals surface area (Å²) < 4.78 is 1.60. The van der Waals surface area contributed by atoms with E-state index >= 15 is 0 Å². The second-order valence-electron chi connectivity index (χ2n) is 5.15. The molecule has 0 unspecified atom stereocenters. The number of hydrogen-bond donors (Lipinski definition) is 1.